The van der Waals surface area contributed by atoms with E-state index in [9.17, 15) is 9.59 Å². The summed E-state index contributed by atoms with van der Waals surface area (Å²) in [6.07, 6.45) is 0. The van der Waals surface area contributed by atoms with E-state index in [1.807, 2.05) is 75.4 Å². The second-order valence-corrected chi connectivity index (χ2v) is 8.78. The minimum Gasteiger partial charge on any atom is -0.457 e. The van der Waals surface area contributed by atoms with Crippen LogP contribution >= 0.6 is 11.8 Å². The van der Waals surface area contributed by atoms with Crippen molar-refractivity contribution < 1.29 is 14.3 Å². The number of para-hydroxylation sites is 2. The summed E-state index contributed by atoms with van der Waals surface area (Å²) in [5.41, 5.74) is 0.388. The van der Waals surface area contributed by atoms with Crippen LogP contribution in [-0.2, 0) is 16.1 Å². The molecule has 0 aromatic heterocycles. The number of ether oxygens (including phenoxy) is 1. The molecular formula is C22H26N2O3S. The summed E-state index contributed by atoms with van der Waals surface area (Å²) in [5.74, 6) is 2.51. The van der Waals surface area contributed by atoms with Gasteiger partial charge in [-0.05, 0) is 18.2 Å². The highest BCUT2D eigenvalue weighted by atomic mass is 32.2. The van der Waals surface area contributed by atoms with E-state index in [-0.39, 0.29) is 11.8 Å². The molecular weight excluding hydrogens is 372 g/mol. The zero-order valence-electron chi connectivity index (χ0n) is 16.5. The number of nitrogens with zero attached hydrogens (tertiary/aromatic N) is 1. The third-order valence-corrected chi connectivity index (χ3v) is 5.50. The number of amides is 2. The monoisotopic (exact) mass is 398 g/mol. The van der Waals surface area contributed by atoms with Gasteiger partial charge in [0.2, 0.25) is 11.8 Å². The van der Waals surface area contributed by atoms with E-state index in [4.69, 9.17) is 4.74 Å². The van der Waals surface area contributed by atoms with E-state index < -0.39 is 11.5 Å². The standard InChI is InChI=1S/C22H26N2O3S/c1-22(2,3)21(26)24-15-28-14-18(24)20(25)23-13-16-9-7-8-12-19(16)27-17-10-5-4-6-11-17/h4-12,18H,13-15H2,1-3H3,(H,23,25). The Hall–Kier alpha value is -2.47. The SMILES string of the molecule is CC(C)(C)C(=O)N1CSCC1C(=O)NCc1ccccc1Oc1ccccc1. The van der Waals surface area contributed by atoms with Gasteiger partial charge in [0, 0.05) is 23.3 Å². The number of hydrogen-bond donors (Lipinski definition) is 1. The summed E-state index contributed by atoms with van der Waals surface area (Å²) in [5, 5.41) is 2.98. The van der Waals surface area contributed by atoms with Crippen LogP contribution < -0.4 is 10.1 Å². The third kappa shape index (κ3) is 4.87. The van der Waals surface area contributed by atoms with Gasteiger partial charge in [-0.1, -0.05) is 57.2 Å². The van der Waals surface area contributed by atoms with Gasteiger partial charge in [0.1, 0.15) is 17.5 Å². The average molecular weight is 399 g/mol. The molecule has 1 heterocycles. The van der Waals surface area contributed by atoms with Crippen molar-refractivity contribution in [2.45, 2.75) is 33.4 Å². The topological polar surface area (TPSA) is 58.6 Å². The Bertz CT molecular complexity index is 833. The zero-order valence-corrected chi connectivity index (χ0v) is 17.3. The number of carbonyl (C=O) groups is 2. The van der Waals surface area contributed by atoms with E-state index in [0.717, 1.165) is 11.3 Å². The smallest absolute Gasteiger partial charge is 0.243 e. The van der Waals surface area contributed by atoms with Crippen LogP contribution in [0.3, 0.4) is 0 Å². The Morgan fingerprint density at radius 1 is 1.11 bits per heavy atom. The van der Waals surface area contributed by atoms with Gasteiger partial charge in [-0.15, -0.1) is 11.8 Å². The highest BCUT2D eigenvalue weighted by Gasteiger charge is 2.38. The van der Waals surface area contributed by atoms with E-state index in [2.05, 4.69) is 5.32 Å². The molecule has 1 fully saturated rings. The van der Waals surface area contributed by atoms with E-state index >= 15 is 0 Å². The second-order valence-electron chi connectivity index (χ2n) is 7.78. The molecule has 6 heteroatoms. The first-order valence-electron chi connectivity index (χ1n) is 9.33. The fourth-order valence-corrected chi connectivity index (χ4v) is 4.11. The fourth-order valence-electron chi connectivity index (χ4n) is 2.96. The van der Waals surface area contributed by atoms with Crippen LogP contribution in [0.25, 0.3) is 0 Å². The lowest BCUT2D eigenvalue weighted by molar-refractivity contribution is -0.144. The Morgan fingerprint density at radius 2 is 1.79 bits per heavy atom. The lowest BCUT2D eigenvalue weighted by Crippen LogP contribution is -2.50. The molecule has 0 bridgehead atoms. The van der Waals surface area contributed by atoms with Gasteiger partial charge in [-0.3, -0.25) is 9.59 Å². The first kappa shape index (κ1) is 20.3. The summed E-state index contributed by atoms with van der Waals surface area (Å²) in [4.78, 5) is 27.1. The predicted octanol–water partition coefficient (Wildman–Crippen LogP) is 4.04. The van der Waals surface area contributed by atoms with Gasteiger partial charge >= 0.3 is 0 Å². The number of carbonyl (C=O) groups excluding carboxylic acids is 2. The number of nitrogens with one attached hydrogen (secondary N) is 1. The van der Waals surface area contributed by atoms with Crippen molar-refractivity contribution in [3.05, 3.63) is 60.2 Å². The lowest BCUT2D eigenvalue weighted by atomic mass is 9.94. The van der Waals surface area contributed by atoms with Crippen LogP contribution in [0.5, 0.6) is 11.5 Å². The van der Waals surface area contributed by atoms with Gasteiger partial charge in [0.15, 0.2) is 0 Å². The quantitative estimate of drug-likeness (QED) is 0.826. The van der Waals surface area contributed by atoms with Gasteiger partial charge in [-0.2, -0.15) is 0 Å². The molecule has 28 heavy (non-hydrogen) atoms. The van der Waals surface area contributed by atoms with Gasteiger partial charge in [-0.25, -0.2) is 0 Å². The van der Waals surface area contributed by atoms with Crippen molar-refractivity contribution >= 4 is 23.6 Å². The molecule has 1 aliphatic rings. The van der Waals surface area contributed by atoms with Crippen LogP contribution in [0, 0.1) is 5.41 Å². The Morgan fingerprint density at radius 3 is 2.50 bits per heavy atom. The number of thioether (sulfide) groups is 1. The maximum absolute atomic E-state index is 12.8. The predicted molar refractivity (Wildman–Crippen MR) is 112 cm³/mol. The molecule has 1 unspecified atom stereocenters. The van der Waals surface area contributed by atoms with Crippen molar-refractivity contribution in [1.82, 2.24) is 10.2 Å². The molecule has 2 aromatic rings. The summed E-state index contributed by atoms with van der Waals surface area (Å²) < 4.78 is 5.95. The molecule has 0 saturated carbocycles. The summed E-state index contributed by atoms with van der Waals surface area (Å²) in [7, 11) is 0. The Labute approximate surface area is 170 Å². The Balaban J connectivity index is 1.66. The minimum absolute atomic E-state index is 0.00506. The minimum atomic E-state index is -0.500. The Kier molecular flexibility index (Phi) is 6.29. The number of benzene rings is 2. The normalized spacial score (nSPS) is 16.7. The van der Waals surface area contributed by atoms with E-state index in [0.29, 0.717) is 23.9 Å². The van der Waals surface area contributed by atoms with E-state index in [1.165, 1.54) is 0 Å². The van der Waals surface area contributed by atoms with Crippen molar-refractivity contribution in [2.75, 3.05) is 11.6 Å². The first-order valence-corrected chi connectivity index (χ1v) is 10.5. The first-order chi connectivity index (χ1) is 13.4. The lowest BCUT2D eigenvalue weighted by Gasteiger charge is -2.29. The fraction of sp³-hybridized carbons (Fsp3) is 0.364. The van der Waals surface area contributed by atoms with Crippen LogP contribution in [0.1, 0.15) is 26.3 Å². The average Bonchev–Trinajstić information content (AvgIpc) is 3.16. The number of rotatable bonds is 5. The van der Waals surface area contributed by atoms with Gasteiger partial charge in [0.25, 0.3) is 0 Å². The molecule has 1 N–H and O–H groups in total. The maximum atomic E-state index is 12.8. The highest BCUT2D eigenvalue weighted by Crippen LogP contribution is 2.28. The molecule has 2 aromatic carbocycles. The van der Waals surface area contributed by atoms with Crippen molar-refractivity contribution in [1.29, 1.82) is 0 Å². The van der Waals surface area contributed by atoms with Crippen molar-refractivity contribution in [2.24, 2.45) is 5.41 Å². The molecule has 1 saturated heterocycles. The van der Waals surface area contributed by atoms with Crippen molar-refractivity contribution in [3.8, 4) is 11.5 Å². The van der Waals surface area contributed by atoms with Crippen LogP contribution in [0.4, 0.5) is 0 Å². The molecule has 2 amide bonds. The van der Waals surface area contributed by atoms with Crippen LogP contribution in [0.15, 0.2) is 54.6 Å². The van der Waals surface area contributed by atoms with E-state index in [1.54, 1.807) is 16.7 Å². The summed E-state index contributed by atoms with van der Waals surface area (Å²) in [6, 6.07) is 16.7. The number of hydrogen-bond acceptors (Lipinski definition) is 4. The second kappa shape index (κ2) is 8.69. The molecule has 5 nitrogen and oxygen atoms in total. The summed E-state index contributed by atoms with van der Waals surface area (Å²) >= 11 is 1.61. The molecule has 1 atom stereocenters. The zero-order chi connectivity index (χ0) is 20.1. The maximum Gasteiger partial charge on any atom is 0.243 e. The molecule has 0 aliphatic carbocycles. The van der Waals surface area contributed by atoms with Crippen LogP contribution in [0.2, 0.25) is 0 Å². The molecule has 0 radical (unpaired) electrons. The molecule has 3 rings (SSSR count). The van der Waals surface area contributed by atoms with Gasteiger partial charge in [0.05, 0.1) is 5.88 Å². The summed E-state index contributed by atoms with van der Waals surface area (Å²) in [6.45, 7) is 5.99. The van der Waals surface area contributed by atoms with Crippen molar-refractivity contribution in [3.63, 3.8) is 0 Å². The highest BCUT2D eigenvalue weighted by molar-refractivity contribution is 7.99. The van der Waals surface area contributed by atoms with Gasteiger partial charge < -0.3 is 15.0 Å². The third-order valence-electron chi connectivity index (χ3n) is 4.48. The largest absolute Gasteiger partial charge is 0.457 e. The molecule has 1 aliphatic heterocycles. The van der Waals surface area contributed by atoms with Crippen LogP contribution in [-0.4, -0.2) is 34.4 Å². The molecule has 0 spiro atoms. The molecule has 148 valence electrons.